The summed E-state index contributed by atoms with van der Waals surface area (Å²) in [6.45, 7) is 8.27. The molecule has 0 rings (SSSR count). The van der Waals surface area contributed by atoms with Crippen molar-refractivity contribution in [1.82, 2.24) is 0 Å². The van der Waals surface area contributed by atoms with E-state index in [4.69, 9.17) is 5.73 Å². The summed E-state index contributed by atoms with van der Waals surface area (Å²) in [7, 11) is 0. The second-order valence-electron chi connectivity index (χ2n) is 3.59. The van der Waals surface area contributed by atoms with Crippen LogP contribution in [0.5, 0.6) is 0 Å². The predicted octanol–water partition coefficient (Wildman–Crippen LogP) is 2.29. The Morgan fingerprint density at radius 3 is 2.46 bits per heavy atom. The second kappa shape index (κ2) is 6.84. The molecule has 1 unspecified atom stereocenters. The third kappa shape index (κ3) is 5.58. The fraction of sp³-hybridized carbons (Fsp3) is 0.727. The molecule has 0 aromatic rings. The fourth-order valence-corrected chi connectivity index (χ4v) is 1.34. The van der Waals surface area contributed by atoms with Gasteiger partial charge in [0.25, 0.3) is 0 Å². The molecule has 2 N–H and O–H groups in total. The van der Waals surface area contributed by atoms with Crippen LogP contribution in [0.15, 0.2) is 12.2 Å². The summed E-state index contributed by atoms with van der Waals surface area (Å²) in [5.41, 5.74) is 6.14. The van der Waals surface area contributed by atoms with Gasteiger partial charge in [0, 0.05) is 6.42 Å². The molecule has 0 aliphatic rings. The van der Waals surface area contributed by atoms with Crippen molar-refractivity contribution >= 4 is 5.78 Å². The van der Waals surface area contributed by atoms with Crippen molar-refractivity contribution in [3.63, 3.8) is 0 Å². The quantitative estimate of drug-likeness (QED) is 0.615. The summed E-state index contributed by atoms with van der Waals surface area (Å²) in [6, 6.07) is 0. The van der Waals surface area contributed by atoms with Crippen LogP contribution in [0.25, 0.3) is 0 Å². The van der Waals surface area contributed by atoms with Crippen molar-refractivity contribution in [2.75, 3.05) is 6.54 Å². The fourth-order valence-electron chi connectivity index (χ4n) is 1.34. The van der Waals surface area contributed by atoms with Crippen molar-refractivity contribution in [2.45, 2.75) is 39.5 Å². The summed E-state index contributed by atoms with van der Waals surface area (Å²) in [4.78, 5) is 11.2. The lowest BCUT2D eigenvalue weighted by Gasteiger charge is -2.12. The van der Waals surface area contributed by atoms with E-state index in [1.165, 1.54) is 0 Å². The second-order valence-corrected chi connectivity index (χ2v) is 3.59. The number of hydrogen-bond acceptors (Lipinski definition) is 2. The van der Waals surface area contributed by atoms with Crippen molar-refractivity contribution in [1.29, 1.82) is 0 Å². The van der Waals surface area contributed by atoms with Crippen LogP contribution in [0, 0.1) is 5.92 Å². The van der Waals surface area contributed by atoms with Gasteiger partial charge in [0.15, 0.2) is 5.78 Å². The summed E-state index contributed by atoms with van der Waals surface area (Å²) >= 11 is 0. The van der Waals surface area contributed by atoms with E-state index in [9.17, 15) is 4.79 Å². The molecule has 0 aromatic heterocycles. The smallest absolute Gasteiger partial charge is 0.157 e. The Morgan fingerprint density at radius 2 is 2.08 bits per heavy atom. The standard InChI is InChI=1S/C11H21NO/c1-4-10(7-8-12)5-6-11(13)9(2)3/h10H,2,4-8,12H2,1,3H3. The molecule has 0 bridgehead atoms. The topological polar surface area (TPSA) is 43.1 Å². The first-order valence-corrected chi connectivity index (χ1v) is 5.00. The molecule has 0 saturated heterocycles. The Kier molecular flexibility index (Phi) is 6.51. The average Bonchev–Trinajstić information content (AvgIpc) is 2.11. The van der Waals surface area contributed by atoms with Gasteiger partial charge in [-0.3, -0.25) is 4.79 Å². The molecule has 0 radical (unpaired) electrons. The first-order chi connectivity index (χ1) is 6.11. The van der Waals surface area contributed by atoms with Crippen molar-refractivity contribution in [3.05, 3.63) is 12.2 Å². The van der Waals surface area contributed by atoms with Crippen molar-refractivity contribution in [3.8, 4) is 0 Å². The van der Waals surface area contributed by atoms with Crippen LogP contribution < -0.4 is 5.73 Å². The minimum Gasteiger partial charge on any atom is -0.330 e. The zero-order chi connectivity index (χ0) is 10.3. The highest BCUT2D eigenvalue weighted by atomic mass is 16.1. The summed E-state index contributed by atoms with van der Waals surface area (Å²) in [5, 5.41) is 0. The van der Waals surface area contributed by atoms with Crippen molar-refractivity contribution in [2.24, 2.45) is 11.7 Å². The molecule has 0 fully saturated rings. The van der Waals surface area contributed by atoms with Crippen LogP contribution in [0.3, 0.4) is 0 Å². The molecule has 0 heterocycles. The van der Waals surface area contributed by atoms with Gasteiger partial charge in [-0.25, -0.2) is 0 Å². The lowest BCUT2D eigenvalue weighted by atomic mass is 9.94. The van der Waals surface area contributed by atoms with E-state index in [-0.39, 0.29) is 5.78 Å². The number of hydrogen-bond donors (Lipinski definition) is 1. The third-order valence-corrected chi connectivity index (χ3v) is 2.41. The number of ketones is 1. The van der Waals surface area contributed by atoms with E-state index in [0.717, 1.165) is 25.8 Å². The molecule has 0 aromatic carbocycles. The van der Waals surface area contributed by atoms with Crippen LogP contribution in [0.4, 0.5) is 0 Å². The number of Topliss-reactive ketones (excluding diaryl/α,β-unsaturated/α-hetero) is 1. The Labute approximate surface area is 81.2 Å². The normalized spacial score (nSPS) is 12.5. The minimum absolute atomic E-state index is 0.190. The molecule has 0 aliphatic heterocycles. The van der Waals surface area contributed by atoms with E-state index in [1.54, 1.807) is 6.92 Å². The van der Waals surface area contributed by atoms with Crippen LogP contribution in [-0.4, -0.2) is 12.3 Å². The van der Waals surface area contributed by atoms with Gasteiger partial charge in [-0.15, -0.1) is 0 Å². The van der Waals surface area contributed by atoms with E-state index < -0.39 is 0 Å². The summed E-state index contributed by atoms with van der Waals surface area (Å²) in [6.07, 6.45) is 3.73. The molecule has 0 aliphatic carbocycles. The molecular formula is C11H21NO. The van der Waals surface area contributed by atoms with Gasteiger partial charge in [-0.2, -0.15) is 0 Å². The first-order valence-electron chi connectivity index (χ1n) is 5.00. The maximum Gasteiger partial charge on any atom is 0.157 e. The summed E-state index contributed by atoms with van der Waals surface area (Å²) < 4.78 is 0. The zero-order valence-electron chi connectivity index (χ0n) is 8.81. The number of nitrogens with two attached hydrogens (primary N) is 1. The van der Waals surface area contributed by atoms with E-state index in [0.29, 0.717) is 17.9 Å². The zero-order valence-corrected chi connectivity index (χ0v) is 8.81. The number of allylic oxidation sites excluding steroid dienone is 1. The SMILES string of the molecule is C=C(C)C(=O)CCC(CC)CCN. The number of carbonyl (C=O) groups is 1. The van der Waals surface area contributed by atoms with Gasteiger partial charge in [0.05, 0.1) is 0 Å². The van der Waals surface area contributed by atoms with Crippen molar-refractivity contribution < 1.29 is 4.79 Å². The molecular weight excluding hydrogens is 162 g/mol. The Balaban J connectivity index is 3.71. The molecule has 13 heavy (non-hydrogen) atoms. The Hall–Kier alpha value is -0.630. The lowest BCUT2D eigenvalue weighted by Crippen LogP contribution is -2.10. The maximum atomic E-state index is 11.2. The lowest BCUT2D eigenvalue weighted by molar-refractivity contribution is -0.115. The van der Waals surface area contributed by atoms with Crippen LogP contribution >= 0.6 is 0 Å². The average molecular weight is 183 g/mol. The van der Waals surface area contributed by atoms with Crippen LogP contribution in [-0.2, 0) is 4.79 Å². The van der Waals surface area contributed by atoms with Gasteiger partial charge in [-0.1, -0.05) is 19.9 Å². The van der Waals surface area contributed by atoms with E-state index in [1.807, 2.05) is 0 Å². The van der Waals surface area contributed by atoms with E-state index in [2.05, 4.69) is 13.5 Å². The molecule has 2 heteroatoms. The summed E-state index contributed by atoms with van der Waals surface area (Å²) in [5.74, 6) is 0.795. The molecule has 0 amide bonds. The Bertz CT molecular complexity index is 175. The molecule has 0 spiro atoms. The van der Waals surface area contributed by atoms with Gasteiger partial charge in [0.2, 0.25) is 0 Å². The molecule has 2 nitrogen and oxygen atoms in total. The molecule has 76 valence electrons. The number of rotatable bonds is 7. The highest BCUT2D eigenvalue weighted by Crippen LogP contribution is 2.15. The van der Waals surface area contributed by atoms with Gasteiger partial charge in [0.1, 0.15) is 0 Å². The van der Waals surface area contributed by atoms with Crippen LogP contribution in [0.1, 0.15) is 39.5 Å². The monoisotopic (exact) mass is 183 g/mol. The third-order valence-electron chi connectivity index (χ3n) is 2.41. The maximum absolute atomic E-state index is 11.2. The Morgan fingerprint density at radius 1 is 1.46 bits per heavy atom. The highest BCUT2D eigenvalue weighted by Gasteiger charge is 2.08. The largest absolute Gasteiger partial charge is 0.330 e. The van der Waals surface area contributed by atoms with Gasteiger partial charge >= 0.3 is 0 Å². The number of carbonyl (C=O) groups excluding carboxylic acids is 1. The van der Waals surface area contributed by atoms with Crippen LogP contribution in [0.2, 0.25) is 0 Å². The first kappa shape index (κ1) is 12.4. The molecule has 1 atom stereocenters. The van der Waals surface area contributed by atoms with Gasteiger partial charge < -0.3 is 5.73 Å². The molecule has 0 saturated carbocycles. The predicted molar refractivity (Wildman–Crippen MR) is 56.5 cm³/mol. The van der Waals surface area contributed by atoms with Gasteiger partial charge in [-0.05, 0) is 37.8 Å². The highest BCUT2D eigenvalue weighted by molar-refractivity contribution is 5.93. The van der Waals surface area contributed by atoms with E-state index >= 15 is 0 Å². The minimum atomic E-state index is 0.190.